The van der Waals surface area contributed by atoms with E-state index in [2.05, 4.69) is 18.0 Å². The second kappa shape index (κ2) is 8.89. The molecule has 3 rings (SSSR count). The van der Waals surface area contributed by atoms with Crippen LogP contribution in [-0.4, -0.2) is 29.2 Å². The first-order valence-electron chi connectivity index (χ1n) is 9.15. The molecule has 1 atom stereocenters. The Labute approximate surface area is 168 Å². The summed E-state index contributed by atoms with van der Waals surface area (Å²) in [5.74, 6) is 0.110. The molecule has 0 spiro atoms. The number of pyridine rings is 1. The highest BCUT2D eigenvalue weighted by atomic mass is 32.2. The summed E-state index contributed by atoms with van der Waals surface area (Å²) < 4.78 is 5.12. The van der Waals surface area contributed by atoms with Crippen molar-refractivity contribution in [2.75, 3.05) is 12.0 Å². The Morgan fingerprint density at radius 1 is 1.25 bits per heavy atom. The Morgan fingerprint density at radius 2 is 2.00 bits per heavy atom. The lowest BCUT2D eigenvalue weighted by molar-refractivity contribution is -0.121. The highest BCUT2D eigenvalue weighted by molar-refractivity contribution is 8.00. The van der Waals surface area contributed by atoms with E-state index in [0.717, 1.165) is 25.0 Å². The number of unbranched alkanes of at least 4 members (excludes halogenated alkanes) is 1. The highest BCUT2D eigenvalue weighted by Crippen LogP contribution is 2.35. The number of carbonyl (C=O) groups excluding carboxylic acids is 2. The minimum Gasteiger partial charge on any atom is -0.497 e. The lowest BCUT2D eigenvalue weighted by atomic mass is 10.2. The summed E-state index contributed by atoms with van der Waals surface area (Å²) >= 11 is 1.20. The fraction of sp³-hybridized carbons (Fsp3) is 0.333. The minimum absolute atomic E-state index is 0.0846. The van der Waals surface area contributed by atoms with Gasteiger partial charge in [0.15, 0.2) is 0 Å². The first-order valence-corrected chi connectivity index (χ1v) is 10.0. The second-order valence-corrected chi connectivity index (χ2v) is 7.64. The molecular weight excluding hydrogens is 374 g/mol. The summed E-state index contributed by atoms with van der Waals surface area (Å²) in [5, 5.41) is 9.30. The van der Waals surface area contributed by atoms with E-state index >= 15 is 0 Å². The monoisotopic (exact) mass is 395 g/mol. The fourth-order valence-electron chi connectivity index (χ4n) is 2.98. The maximum atomic E-state index is 12.9. The van der Waals surface area contributed by atoms with Gasteiger partial charge in [-0.3, -0.25) is 9.59 Å². The summed E-state index contributed by atoms with van der Waals surface area (Å²) in [6.45, 7) is 2.11. The Morgan fingerprint density at radius 3 is 2.64 bits per heavy atom. The van der Waals surface area contributed by atoms with Crippen molar-refractivity contribution in [2.45, 2.75) is 42.9 Å². The van der Waals surface area contributed by atoms with Gasteiger partial charge in [0.05, 0.1) is 23.6 Å². The molecule has 0 N–H and O–H groups in total. The predicted octanol–water partition coefficient (Wildman–Crippen LogP) is 3.73. The topological polar surface area (TPSA) is 83.3 Å². The van der Waals surface area contributed by atoms with Crippen molar-refractivity contribution in [1.82, 2.24) is 4.98 Å². The molecule has 2 heterocycles. The zero-order valence-electron chi connectivity index (χ0n) is 15.8. The molecule has 0 aliphatic carbocycles. The van der Waals surface area contributed by atoms with Crippen molar-refractivity contribution in [1.29, 1.82) is 5.26 Å². The van der Waals surface area contributed by atoms with E-state index < -0.39 is 5.25 Å². The third-order valence-electron chi connectivity index (χ3n) is 4.51. The smallest absolute Gasteiger partial charge is 0.247 e. The average molecular weight is 395 g/mol. The van der Waals surface area contributed by atoms with Gasteiger partial charge in [0.1, 0.15) is 16.8 Å². The van der Waals surface area contributed by atoms with E-state index in [1.165, 1.54) is 16.7 Å². The van der Waals surface area contributed by atoms with Gasteiger partial charge >= 0.3 is 0 Å². The van der Waals surface area contributed by atoms with Gasteiger partial charge in [0.25, 0.3) is 0 Å². The van der Waals surface area contributed by atoms with Gasteiger partial charge in [-0.05, 0) is 49.2 Å². The van der Waals surface area contributed by atoms with Gasteiger partial charge < -0.3 is 4.74 Å². The van der Waals surface area contributed by atoms with E-state index in [0.29, 0.717) is 22.0 Å². The number of benzene rings is 1. The lowest BCUT2D eigenvalue weighted by Crippen LogP contribution is -2.31. The Balaban J connectivity index is 1.80. The summed E-state index contributed by atoms with van der Waals surface area (Å²) in [5.41, 5.74) is 1.84. The second-order valence-electron chi connectivity index (χ2n) is 6.45. The van der Waals surface area contributed by atoms with Gasteiger partial charge in [0.2, 0.25) is 11.8 Å². The molecule has 1 aromatic carbocycles. The maximum absolute atomic E-state index is 12.9. The third kappa shape index (κ3) is 4.18. The van der Waals surface area contributed by atoms with Crippen LogP contribution in [0.15, 0.2) is 41.4 Å². The highest BCUT2D eigenvalue weighted by Gasteiger charge is 2.40. The van der Waals surface area contributed by atoms with Crippen molar-refractivity contribution in [3.63, 3.8) is 0 Å². The predicted molar refractivity (Wildman–Crippen MR) is 107 cm³/mol. The van der Waals surface area contributed by atoms with Crippen LogP contribution < -0.4 is 9.64 Å². The first kappa shape index (κ1) is 19.9. The molecule has 0 bridgehead atoms. The van der Waals surface area contributed by atoms with Crippen LogP contribution in [0.3, 0.4) is 0 Å². The average Bonchev–Trinajstić information content (AvgIpc) is 2.99. The van der Waals surface area contributed by atoms with Gasteiger partial charge in [0, 0.05) is 12.1 Å². The molecule has 6 nitrogen and oxygen atoms in total. The SMILES string of the molecule is CCCCc1ccc(C#N)c(SC2CC(=O)N(c3ccc(OC)cc3)C2=O)n1. The number of ether oxygens (including phenoxy) is 1. The van der Waals surface area contributed by atoms with Crippen LogP contribution >= 0.6 is 11.8 Å². The molecular formula is C21H21N3O3S. The Bertz CT molecular complexity index is 921. The zero-order chi connectivity index (χ0) is 20.1. The molecule has 1 unspecified atom stereocenters. The molecule has 1 aliphatic heterocycles. The number of thioether (sulfide) groups is 1. The molecule has 1 fully saturated rings. The first-order chi connectivity index (χ1) is 13.6. The molecule has 0 radical (unpaired) electrons. The number of anilines is 1. The normalized spacial score (nSPS) is 16.3. The molecule has 28 heavy (non-hydrogen) atoms. The number of nitrogens with zero attached hydrogens (tertiary/aromatic N) is 3. The van der Waals surface area contributed by atoms with Gasteiger partial charge in [-0.25, -0.2) is 9.88 Å². The molecule has 2 amide bonds. The Hall–Kier alpha value is -2.85. The quantitative estimate of drug-likeness (QED) is 0.664. The van der Waals surface area contributed by atoms with Crippen LogP contribution in [0, 0.1) is 11.3 Å². The van der Waals surface area contributed by atoms with Gasteiger partial charge in [-0.1, -0.05) is 25.1 Å². The molecule has 1 saturated heterocycles. The molecule has 2 aromatic rings. The number of hydrogen-bond acceptors (Lipinski definition) is 6. The summed E-state index contributed by atoms with van der Waals surface area (Å²) in [4.78, 5) is 31.1. The Kier molecular flexibility index (Phi) is 6.32. The van der Waals surface area contributed by atoms with Crippen LogP contribution in [0.4, 0.5) is 5.69 Å². The van der Waals surface area contributed by atoms with Crippen LogP contribution in [0.25, 0.3) is 0 Å². The molecule has 7 heteroatoms. The van der Waals surface area contributed by atoms with Crippen molar-refractivity contribution >= 4 is 29.3 Å². The molecule has 1 aromatic heterocycles. The number of hydrogen-bond donors (Lipinski definition) is 0. The summed E-state index contributed by atoms with van der Waals surface area (Å²) in [6.07, 6.45) is 2.97. The van der Waals surface area contributed by atoms with Crippen molar-refractivity contribution < 1.29 is 14.3 Å². The van der Waals surface area contributed by atoms with Gasteiger partial charge in [-0.2, -0.15) is 5.26 Å². The van der Waals surface area contributed by atoms with Gasteiger partial charge in [-0.15, -0.1) is 0 Å². The van der Waals surface area contributed by atoms with E-state index in [-0.39, 0.29) is 18.2 Å². The van der Waals surface area contributed by atoms with Crippen molar-refractivity contribution in [3.8, 4) is 11.8 Å². The number of rotatable bonds is 7. The van der Waals surface area contributed by atoms with Crippen molar-refractivity contribution in [3.05, 3.63) is 47.7 Å². The fourth-order valence-corrected chi connectivity index (χ4v) is 4.10. The number of methoxy groups -OCH3 is 1. The molecule has 1 aliphatic rings. The van der Waals surface area contributed by atoms with E-state index in [1.54, 1.807) is 37.4 Å². The number of amides is 2. The third-order valence-corrected chi connectivity index (χ3v) is 5.70. The largest absolute Gasteiger partial charge is 0.497 e. The lowest BCUT2D eigenvalue weighted by Gasteiger charge is -2.15. The zero-order valence-corrected chi connectivity index (χ0v) is 16.7. The number of aryl methyl sites for hydroxylation is 1. The van der Waals surface area contributed by atoms with Crippen LogP contribution in [-0.2, 0) is 16.0 Å². The van der Waals surface area contributed by atoms with E-state index in [9.17, 15) is 14.9 Å². The number of nitriles is 1. The minimum atomic E-state index is -0.587. The maximum Gasteiger partial charge on any atom is 0.247 e. The number of imide groups is 1. The van der Waals surface area contributed by atoms with Crippen LogP contribution in [0.2, 0.25) is 0 Å². The standard InChI is InChI=1S/C21H21N3O3S/c1-3-4-5-15-7-6-14(13-22)20(23-15)28-18-12-19(25)24(21(18)26)16-8-10-17(27-2)11-9-16/h6-11,18H,3-5,12H2,1-2H3. The molecule has 144 valence electrons. The van der Waals surface area contributed by atoms with Crippen LogP contribution in [0.5, 0.6) is 5.75 Å². The summed E-state index contributed by atoms with van der Waals surface area (Å²) in [6, 6.07) is 12.5. The number of carbonyl (C=O) groups is 2. The number of aromatic nitrogens is 1. The van der Waals surface area contributed by atoms with E-state index in [1.807, 2.05) is 6.07 Å². The van der Waals surface area contributed by atoms with Crippen LogP contribution in [0.1, 0.15) is 37.4 Å². The van der Waals surface area contributed by atoms with Crippen molar-refractivity contribution in [2.24, 2.45) is 0 Å². The summed E-state index contributed by atoms with van der Waals surface area (Å²) in [7, 11) is 1.56. The van der Waals surface area contributed by atoms with E-state index in [4.69, 9.17) is 4.74 Å². The molecule has 0 saturated carbocycles.